The van der Waals surface area contributed by atoms with Crippen LogP contribution in [0, 0.1) is 6.92 Å². The third-order valence-corrected chi connectivity index (χ3v) is 4.14. The second kappa shape index (κ2) is 4.47. The van der Waals surface area contributed by atoms with Crippen LogP contribution < -0.4 is 11.3 Å². The van der Waals surface area contributed by atoms with E-state index in [-0.39, 0.29) is 5.91 Å². The van der Waals surface area contributed by atoms with Gasteiger partial charge in [-0.1, -0.05) is 17.7 Å². The van der Waals surface area contributed by atoms with Crippen LogP contribution in [0.2, 0.25) is 5.02 Å². The van der Waals surface area contributed by atoms with Crippen LogP contribution in [0.15, 0.2) is 12.1 Å². The second-order valence-electron chi connectivity index (χ2n) is 4.81. The van der Waals surface area contributed by atoms with Gasteiger partial charge >= 0.3 is 0 Å². The van der Waals surface area contributed by atoms with Gasteiger partial charge in [-0.2, -0.15) is 0 Å². The highest BCUT2D eigenvalue weighted by Gasteiger charge is 2.24. The fourth-order valence-electron chi connectivity index (χ4n) is 2.77. The van der Waals surface area contributed by atoms with Crippen LogP contribution in [0.4, 0.5) is 0 Å². The second-order valence-corrected chi connectivity index (χ2v) is 5.21. The van der Waals surface area contributed by atoms with Gasteiger partial charge in [0.25, 0.3) is 5.91 Å². The summed E-state index contributed by atoms with van der Waals surface area (Å²) in [4.78, 5) is 16.8. The number of carbonyl (C=O) groups excluding carboxylic acids is 1. The fraction of sp³-hybridized carbons (Fsp3) is 0.286. The number of nitrogens with two attached hydrogens (primary N) is 1. The molecule has 98 valence electrons. The van der Waals surface area contributed by atoms with Gasteiger partial charge in [0.1, 0.15) is 0 Å². The van der Waals surface area contributed by atoms with E-state index in [0.29, 0.717) is 10.6 Å². The highest BCUT2D eigenvalue weighted by atomic mass is 35.5. The van der Waals surface area contributed by atoms with Gasteiger partial charge in [0.2, 0.25) is 0 Å². The minimum Gasteiger partial charge on any atom is -0.290 e. The van der Waals surface area contributed by atoms with Crippen molar-refractivity contribution in [1.29, 1.82) is 0 Å². The van der Waals surface area contributed by atoms with Crippen LogP contribution in [0.1, 0.15) is 33.6 Å². The first-order valence-corrected chi connectivity index (χ1v) is 6.62. The Morgan fingerprint density at radius 3 is 2.95 bits per heavy atom. The van der Waals surface area contributed by atoms with Crippen LogP contribution >= 0.6 is 11.6 Å². The minimum atomic E-state index is -0.257. The number of carbonyl (C=O) groups is 1. The summed E-state index contributed by atoms with van der Waals surface area (Å²) in [7, 11) is 0. The van der Waals surface area contributed by atoms with E-state index >= 15 is 0 Å². The molecule has 1 aromatic carbocycles. The van der Waals surface area contributed by atoms with Crippen molar-refractivity contribution in [2.75, 3.05) is 0 Å². The lowest BCUT2D eigenvalue weighted by Gasteiger charge is -2.13. The molecule has 2 aromatic rings. The molecule has 0 spiro atoms. The number of hydrogen-bond donors (Lipinski definition) is 2. The van der Waals surface area contributed by atoms with E-state index in [9.17, 15) is 4.79 Å². The van der Waals surface area contributed by atoms with Gasteiger partial charge in [0, 0.05) is 16.1 Å². The molecule has 0 aliphatic heterocycles. The van der Waals surface area contributed by atoms with E-state index < -0.39 is 0 Å². The lowest BCUT2D eigenvalue weighted by atomic mass is 9.99. The van der Waals surface area contributed by atoms with Gasteiger partial charge in [0.15, 0.2) is 0 Å². The summed E-state index contributed by atoms with van der Waals surface area (Å²) in [5.74, 6) is 5.05. The molecule has 0 radical (unpaired) electrons. The number of benzene rings is 1. The van der Waals surface area contributed by atoms with Crippen LogP contribution in [0.3, 0.4) is 0 Å². The van der Waals surface area contributed by atoms with Gasteiger partial charge in [-0.3, -0.25) is 15.2 Å². The predicted octanol–water partition coefficient (Wildman–Crippen LogP) is 2.29. The molecule has 1 aliphatic rings. The average molecular weight is 276 g/mol. The zero-order valence-corrected chi connectivity index (χ0v) is 11.3. The maximum absolute atomic E-state index is 12.1. The maximum atomic E-state index is 12.1. The molecule has 4 nitrogen and oxygen atoms in total. The van der Waals surface area contributed by atoms with E-state index in [1.54, 1.807) is 6.07 Å². The molecule has 3 rings (SSSR count). The molecule has 3 N–H and O–H groups in total. The molecule has 0 fully saturated rings. The average Bonchev–Trinajstić information content (AvgIpc) is 2.88. The predicted molar refractivity (Wildman–Crippen MR) is 75.2 cm³/mol. The highest BCUT2D eigenvalue weighted by molar-refractivity contribution is 6.32. The number of pyridine rings is 1. The van der Waals surface area contributed by atoms with Crippen LogP contribution in [0.5, 0.6) is 0 Å². The van der Waals surface area contributed by atoms with Gasteiger partial charge in [-0.05, 0) is 43.4 Å². The van der Waals surface area contributed by atoms with E-state index in [2.05, 4.69) is 10.4 Å². The highest BCUT2D eigenvalue weighted by Crippen LogP contribution is 2.33. The molecule has 0 saturated heterocycles. The smallest absolute Gasteiger partial charge is 0.266 e. The van der Waals surface area contributed by atoms with Gasteiger partial charge in [-0.15, -0.1) is 0 Å². The fourth-order valence-corrected chi connectivity index (χ4v) is 2.92. The zero-order valence-electron chi connectivity index (χ0n) is 10.6. The summed E-state index contributed by atoms with van der Waals surface area (Å²) in [6, 6.07) is 3.65. The van der Waals surface area contributed by atoms with E-state index in [1.807, 2.05) is 13.0 Å². The Morgan fingerprint density at radius 1 is 1.42 bits per heavy atom. The summed E-state index contributed by atoms with van der Waals surface area (Å²) in [6.45, 7) is 1.92. The van der Waals surface area contributed by atoms with Crippen molar-refractivity contribution in [2.24, 2.45) is 5.84 Å². The van der Waals surface area contributed by atoms with Gasteiger partial charge in [-0.25, -0.2) is 5.84 Å². The first-order valence-electron chi connectivity index (χ1n) is 6.25. The number of rotatable bonds is 1. The lowest BCUT2D eigenvalue weighted by molar-refractivity contribution is 0.0954. The number of aryl methyl sites for hydroxylation is 2. The number of nitrogen functional groups attached to an aromatic ring is 1. The van der Waals surface area contributed by atoms with Gasteiger partial charge in [0.05, 0.1) is 11.1 Å². The van der Waals surface area contributed by atoms with Crippen LogP contribution in [-0.2, 0) is 12.8 Å². The molecular weight excluding hydrogens is 262 g/mol. The Bertz CT molecular complexity index is 697. The largest absolute Gasteiger partial charge is 0.290 e. The Hall–Kier alpha value is -1.65. The van der Waals surface area contributed by atoms with Crippen molar-refractivity contribution in [2.45, 2.75) is 26.2 Å². The van der Waals surface area contributed by atoms with Crippen LogP contribution in [0.25, 0.3) is 10.9 Å². The van der Waals surface area contributed by atoms with Crippen molar-refractivity contribution in [1.82, 2.24) is 10.4 Å². The number of nitrogens with zero attached hydrogens (tertiary/aromatic N) is 1. The monoisotopic (exact) mass is 275 g/mol. The Morgan fingerprint density at radius 2 is 2.21 bits per heavy atom. The number of halogens is 1. The van der Waals surface area contributed by atoms with E-state index in [0.717, 1.165) is 47.0 Å². The number of aromatic nitrogens is 1. The zero-order chi connectivity index (χ0) is 13.6. The van der Waals surface area contributed by atoms with Crippen molar-refractivity contribution >= 4 is 28.4 Å². The molecule has 0 saturated carbocycles. The molecule has 1 aliphatic carbocycles. The number of fused-ring (bicyclic) bond motifs is 2. The normalized spacial score (nSPS) is 13.6. The topological polar surface area (TPSA) is 68.0 Å². The molecule has 0 atom stereocenters. The Labute approximate surface area is 115 Å². The molecule has 1 amide bonds. The number of amides is 1. The van der Waals surface area contributed by atoms with E-state index in [1.165, 1.54) is 0 Å². The molecule has 1 aromatic heterocycles. The summed E-state index contributed by atoms with van der Waals surface area (Å²) < 4.78 is 0. The summed E-state index contributed by atoms with van der Waals surface area (Å²) >= 11 is 6.14. The number of hydrazine groups is 1. The van der Waals surface area contributed by atoms with Crippen molar-refractivity contribution < 1.29 is 4.79 Å². The van der Waals surface area contributed by atoms with Crippen molar-refractivity contribution in [3.8, 4) is 0 Å². The standard InChI is InChI=1S/C14H14ClN3O/c1-7-10(15)6-5-9-12(14(19)18-16)8-3-2-4-11(8)17-13(7)9/h5-6H,2-4,16H2,1H3,(H,18,19). The van der Waals surface area contributed by atoms with Crippen LogP contribution in [-0.4, -0.2) is 10.9 Å². The van der Waals surface area contributed by atoms with Crippen molar-refractivity contribution in [3.05, 3.63) is 39.5 Å². The lowest BCUT2D eigenvalue weighted by Crippen LogP contribution is -2.31. The Balaban J connectivity index is 2.44. The maximum Gasteiger partial charge on any atom is 0.266 e. The summed E-state index contributed by atoms with van der Waals surface area (Å²) in [5.41, 5.74) is 6.61. The minimum absolute atomic E-state index is 0.257. The first-order chi connectivity index (χ1) is 9.13. The molecule has 5 heteroatoms. The quantitative estimate of drug-likeness (QED) is 0.477. The molecule has 0 unspecified atom stereocenters. The van der Waals surface area contributed by atoms with Crippen molar-refractivity contribution in [3.63, 3.8) is 0 Å². The third kappa shape index (κ3) is 1.79. The molecular formula is C14H14ClN3O. The summed E-state index contributed by atoms with van der Waals surface area (Å²) in [6.07, 6.45) is 2.81. The number of hydrogen-bond acceptors (Lipinski definition) is 3. The third-order valence-electron chi connectivity index (χ3n) is 3.73. The molecule has 0 bridgehead atoms. The van der Waals surface area contributed by atoms with Gasteiger partial charge < -0.3 is 0 Å². The number of nitrogens with one attached hydrogen (secondary N) is 1. The first kappa shape index (κ1) is 12.4. The summed E-state index contributed by atoms with van der Waals surface area (Å²) in [5, 5.41) is 1.49. The van der Waals surface area contributed by atoms with E-state index in [4.69, 9.17) is 17.4 Å². The Kier molecular flexibility index (Phi) is 2.92. The molecule has 19 heavy (non-hydrogen) atoms. The SMILES string of the molecule is Cc1c(Cl)ccc2c(C(=O)NN)c3c(nc12)CCC3. The molecule has 1 heterocycles.